The van der Waals surface area contributed by atoms with Crippen LogP contribution in [0.15, 0.2) is 116 Å². The number of aromatic nitrogens is 5. The van der Waals surface area contributed by atoms with E-state index in [0.29, 0.717) is 71.0 Å². The Balaban J connectivity index is 0.000000181. The maximum atomic E-state index is 12.5. The van der Waals surface area contributed by atoms with Crippen molar-refractivity contribution >= 4 is 35.4 Å². The third-order valence-corrected chi connectivity index (χ3v) is 10.2. The van der Waals surface area contributed by atoms with Gasteiger partial charge >= 0.3 is 12.2 Å². The molecule has 0 radical (unpaired) electrons. The average molecular weight is 855 g/mol. The van der Waals surface area contributed by atoms with Crippen molar-refractivity contribution in [3.05, 3.63) is 137 Å². The van der Waals surface area contributed by atoms with Crippen molar-refractivity contribution in [1.82, 2.24) is 44.5 Å². The van der Waals surface area contributed by atoms with E-state index in [1.807, 2.05) is 18.5 Å². The summed E-state index contributed by atoms with van der Waals surface area (Å²) in [6.45, 7) is 7.84. The number of aromatic amines is 2. The summed E-state index contributed by atoms with van der Waals surface area (Å²) in [5.41, 5.74) is 2.28. The number of halogens is 2. The van der Waals surface area contributed by atoms with Gasteiger partial charge in [0.1, 0.15) is 23.0 Å². The first-order valence-electron chi connectivity index (χ1n) is 19.6. The molecule has 312 valence electrons. The van der Waals surface area contributed by atoms with Crippen molar-refractivity contribution in [1.29, 1.82) is 0 Å². The van der Waals surface area contributed by atoms with Gasteiger partial charge < -0.3 is 38.7 Å². The minimum Gasteiger partial charge on any atom is -0.439 e. The molecule has 2 saturated heterocycles. The van der Waals surface area contributed by atoms with Crippen molar-refractivity contribution in [3.63, 3.8) is 0 Å². The van der Waals surface area contributed by atoms with Crippen LogP contribution in [0.1, 0.15) is 11.4 Å². The van der Waals surface area contributed by atoms with Crippen molar-refractivity contribution in [2.24, 2.45) is 0 Å². The van der Waals surface area contributed by atoms with Crippen LogP contribution in [-0.2, 0) is 12.8 Å². The molecule has 0 saturated carbocycles. The summed E-state index contributed by atoms with van der Waals surface area (Å²) in [6.07, 6.45) is 9.80. The van der Waals surface area contributed by atoms with Crippen LogP contribution in [0.3, 0.4) is 0 Å². The van der Waals surface area contributed by atoms with Crippen LogP contribution < -0.4 is 18.9 Å². The Bertz CT molecular complexity index is 2040. The summed E-state index contributed by atoms with van der Waals surface area (Å²) in [5.74, 6) is 3.02. The lowest BCUT2D eigenvalue weighted by atomic mass is 10.2. The van der Waals surface area contributed by atoms with Gasteiger partial charge in [0.2, 0.25) is 11.8 Å². The number of hydrogen-bond donors (Lipinski definition) is 2. The quantitative estimate of drug-likeness (QED) is 0.124. The molecule has 0 spiro atoms. The minimum atomic E-state index is -0.338. The Morgan fingerprint density at radius 1 is 0.583 bits per heavy atom. The van der Waals surface area contributed by atoms with Gasteiger partial charge in [-0.25, -0.2) is 24.5 Å². The zero-order chi connectivity index (χ0) is 41.5. The number of H-pyrrole nitrogens is 2. The number of rotatable bonds is 12. The molecular weight excluding hydrogens is 809 g/mol. The Labute approximate surface area is 357 Å². The molecule has 6 aromatic rings. The van der Waals surface area contributed by atoms with Gasteiger partial charge in [0.25, 0.3) is 0 Å². The molecule has 2 aromatic carbocycles. The topological polar surface area (TPSA) is 154 Å². The zero-order valence-corrected chi connectivity index (χ0v) is 34.3. The first-order valence-corrected chi connectivity index (χ1v) is 20.3. The number of nitrogens with one attached hydrogen (secondary N) is 2. The SMILES string of the molecule is O=C(Oc1ccc(Oc2ccc(Cl)cn2)cc1)N1CCN(CCc2c[nH]cn2)CC1.O=C(Oc1ccc(Oc2ccc(Cl)cn2)cc1)N1CCN(CCc2ccc[nH]2)CC1. The van der Waals surface area contributed by atoms with Crippen molar-refractivity contribution in [3.8, 4) is 34.8 Å². The Hall–Kier alpha value is -6.13. The number of nitrogens with zero attached hydrogens (tertiary/aromatic N) is 7. The molecule has 6 heterocycles. The predicted molar refractivity (Wildman–Crippen MR) is 226 cm³/mol. The molecular formula is C43H45Cl2N9O6. The molecule has 17 heteroatoms. The van der Waals surface area contributed by atoms with E-state index in [-0.39, 0.29) is 12.2 Å². The van der Waals surface area contributed by atoms with Crippen LogP contribution >= 0.6 is 23.2 Å². The highest BCUT2D eigenvalue weighted by molar-refractivity contribution is 6.30. The van der Waals surface area contributed by atoms with E-state index >= 15 is 0 Å². The maximum absolute atomic E-state index is 12.5. The van der Waals surface area contributed by atoms with Crippen LogP contribution in [0.5, 0.6) is 34.8 Å². The lowest BCUT2D eigenvalue weighted by molar-refractivity contribution is 0.110. The third-order valence-electron chi connectivity index (χ3n) is 9.76. The van der Waals surface area contributed by atoms with E-state index in [4.69, 9.17) is 42.1 Å². The van der Waals surface area contributed by atoms with Crippen LogP contribution in [0, 0.1) is 0 Å². The number of hydrogen-bond acceptors (Lipinski definition) is 11. The molecule has 2 N–H and O–H groups in total. The molecule has 0 bridgehead atoms. The molecule has 0 aliphatic carbocycles. The fraction of sp³-hybridized carbons (Fsp3) is 0.279. The molecule has 2 aliphatic heterocycles. The smallest absolute Gasteiger partial charge is 0.415 e. The van der Waals surface area contributed by atoms with Gasteiger partial charge in [-0.3, -0.25) is 9.80 Å². The summed E-state index contributed by atoms with van der Waals surface area (Å²) in [4.78, 5) is 51.7. The van der Waals surface area contributed by atoms with Crippen LogP contribution in [0.2, 0.25) is 10.0 Å². The fourth-order valence-corrected chi connectivity index (χ4v) is 6.60. The molecule has 2 fully saturated rings. The second-order valence-corrected chi connectivity index (χ2v) is 14.8. The Morgan fingerprint density at radius 2 is 1.07 bits per heavy atom. The second-order valence-electron chi connectivity index (χ2n) is 13.9. The fourth-order valence-electron chi connectivity index (χ4n) is 6.38. The minimum absolute atomic E-state index is 0.327. The molecule has 60 heavy (non-hydrogen) atoms. The molecule has 0 unspecified atom stereocenters. The Morgan fingerprint density at radius 3 is 1.48 bits per heavy atom. The van der Waals surface area contributed by atoms with Gasteiger partial charge in [0.15, 0.2) is 0 Å². The third kappa shape index (κ3) is 12.9. The standard InChI is InChI=1S/C22H23ClN4O3.C21H22ClN5O3/c23-17-3-8-21(25-16-17)29-19-4-6-20(7-5-19)30-22(28)27-14-12-26(13-15-27)11-9-18-2-1-10-24-18;22-16-1-6-20(24-13-16)29-18-2-4-19(5-3-18)30-21(28)27-11-9-26(10-12-27)8-7-17-14-23-15-25-17/h1-8,10,16,24H,9,11-15H2;1-6,13-15H,7-12H2,(H,23,25). The van der Waals surface area contributed by atoms with E-state index < -0.39 is 0 Å². The van der Waals surface area contributed by atoms with E-state index in [2.05, 4.69) is 40.8 Å². The number of amides is 2. The van der Waals surface area contributed by atoms with Crippen LogP contribution in [0.4, 0.5) is 9.59 Å². The van der Waals surface area contributed by atoms with Gasteiger partial charge in [-0.2, -0.15) is 0 Å². The predicted octanol–water partition coefficient (Wildman–Crippen LogP) is 7.82. The zero-order valence-electron chi connectivity index (χ0n) is 32.8. The number of imidazole rings is 1. The normalized spacial score (nSPS) is 14.5. The summed E-state index contributed by atoms with van der Waals surface area (Å²) in [7, 11) is 0. The average Bonchev–Trinajstić information content (AvgIpc) is 4.01. The summed E-state index contributed by atoms with van der Waals surface area (Å²) in [5, 5.41) is 1.09. The molecule has 0 atom stereocenters. The van der Waals surface area contributed by atoms with Crippen molar-refractivity contribution < 1.29 is 28.5 Å². The van der Waals surface area contributed by atoms with Gasteiger partial charge in [0.05, 0.1) is 22.1 Å². The maximum Gasteiger partial charge on any atom is 0.415 e. The summed E-state index contributed by atoms with van der Waals surface area (Å²) < 4.78 is 22.3. The molecule has 4 aromatic heterocycles. The number of ether oxygens (including phenoxy) is 4. The molecule has 15 nitrogen and oxygen atoms in total. The van der Waals surface area contributed by atoms with Gasteiger partial charge in [-0.15, -0.1) is 0 Å². The molecule has 2 aliphatic rings. The van der Waals surface area contributed by atoms with Gasteiger partial charge in [-0.1, -0.05) is 23.2 Å². The molecule has 8 rings (SSSR count). The van der Waals surface area contributed by atoms with Gasteiger partial charge in [-0.05, 0) is 72.8 Å². The largest absolute Gasteiger partial charge is 0.439 e. The number of piperazine rings is 2. The highest BCUT2D eigenvalue weighted by atomic mass is 35.5. The first kappa shape index (κ1) is 42.0. The lowest BCUT2D eigenvalue weighted by Crippen LogP contribution is -2.49. The van der Waals surface area contributed by atoms with E-state index in [9.17, 15) is 9.59 Å². The monoisotopic (exact) mass is 853 g/mol. The number of carbonyl (C=O) groups is 2. The number of carbonyl (C=O) groups excluding carboxylic acids is 2. The second kappa shape index (κ2) is 21.2. The van der Waals surface area contributed by atoms with Crippen LogP contribution in [0.25, 0.3) is 0 Å². The lowest BCUT2D eigenvalue weighted by Gasteiger charge is -2.33. The summed E-state index contributed by atoms with van der Waals surface area (Å²) in [6, 6.07) is 24.6. The van der Waals surface area contributed by atoms with E-state index in [1.165, 1.54) is 18.1 Å². The molecule has 2 amide bonds. The highest BCUT2D eigenvalue weighted by Gasteiger charge is 2.24. The number of pyridine rings is 2. The number of benzene rings is 2. The van der Waals surface area contributed by atoms with E-state index in [1.54, 1.807) is 88.9 Å². The van der Waals surface area contributed by atoms with Crippen LogP contribution in [-0.4, -0.2) is 122 Å². The summed E-state index contributed by atoms with van der Waals surface area (Å²) >= 11 is 11.6. The van der Waals surface area contributed by atoms with Crippen molar-refractivity contribution in [2.75, 3.05) is 65.4 Å². The highest BCUT2D eigenvalue weighted by Crippen LogP contribution is 2.25. The van der Waals surface area contributed by atoms with Gasteiger partial charge in [0, 0.05) is 121 Å². The van der Waals surface area contributed by atoms with E-state index in [0.717, 1.165) is 57.8 Å². The first-order chi connectivity index (χ1) is 29.3. The van der Waals surface area contributed by atoms with Crippen molar-refractivity contribution in [2.45, 2.75) is 12.8 Å². The Kier molecular flexibility index (Phi) is 14.9.